The lowest BCUT2D eigenvalue weighted by Crippen LogP contribution is -2.02. The number of benzene rings is 2. The highest BCUT2D eigenvalue weighted by Crippen LogP contribution is 2.27. The van der Waals surface area contributed by atoms with Crippen LogP contribution in [0.15, 0.2) is 71.0 Å². The Kier molecular flexibility index (Phi) is 6.97. The molecule has 1 aromatic heterocycles. The van der Waals surface area contributed by atoms with Crippen molar-refractivity contribution in [3.63, 3.8) is 0 Å². The lowest BCUT2D eigenvalue weighted by Gasteiger charge is -2.05. The van der Waals surface area contributed by atoms with Crippen LogP contribution in [-0.2, 0) is 5.75 Å². The van der Waals surface area contributed by atoms with Crippen molar-refractivity contribution in [3.05, 3.63) is 82.1 Å². The van der Waals surface area contributed by atoms with Crippen molar-refractivity contribution in [2.75, 3.05) is 5.75 Å². The summed E-state index contributed by atoms with van der Waals surface area (Å²) in [6.45, 7) is 0. The van der Waals surface area contributed by atoms with Gasteiger partial charge in [-0.05, 0) is 35.9 Å². The van der Waals surface area contributed by atoms with Crippen LogP contribution in [0, 0.1) is 0 Å². The monoisotopic (exact) mass is 420 g/mol. The molecule has 0 radical (unpaired) electrons. The Bertz CT molecular complexity index is 904. The van der Waals surface area contributed by atoms with Gasteiger partial charge in [0.05, 0.1) is 5.75 Å². The minimum Gasteiger partial charge on any atom is -0.293 e. The molecule has 3 rings (SSSR count). The molecule has 2 aromatic carbocycles. The summed E-state index contributed by atoms with van der Waals surface area (Å²) in [4.78, 5) is 20.7. The molecule has 0 spiro atoms. The van der Waals surface area contributed by atoms with Crippen molar-refractivity contribution in [3.8, 4) is 0 Å². The molecule has 1 heterocycles. The maximum absolute atomic E-state index is 12.2. The van der Waals surface area contributed by atoms with E-state index in [1.165, 1.54) is 18.1 Å². The number of nitrogens with zero attached hydrogens (tertiary/aromatic N) is 2. The Morgan fingerprint density at radius 3 is 2.35 bits per heavy atom. The molecule has 3 aromatic rings. The van der Waals surface area contributed by atoms with Gasteiger partial charge in [-0.3, -0.25) is 4.79 Å². The zero-order valence-corrected chi connectivity index (χ0v) is 16.7. The van der Waals surface area contributed by atoms with Crippen molar-refractivity contribution >= 4 is 52.5 Å². The van der Waals surface area contributed by atoms with Gasteiger partial charge in [0.15, 0.2) is 5.78 Å². The summed E-state index contributed by atoms with van der Waals surface area (Å²) in [7, 11) is 0. The Balaban J connectivity index is 1.58. The van der Waals surface area contributed by atoms with Gasteiger partial charge in [-0.25, -0.2) is 9.97 Å². The molecule has 0 atom stereocenters. The fourth-order valence-electron chi connectivity index (χ4n) is 2.11. The molecule has 0 unspecified atom stereocenters. The average molecular weight is 421 g/mol. The summed E-state index contributed by atoms with van der Waals surface area (Å²) in [5.74, 6) is 1.08. The minimum atomic E-state index is 0.0375. The Morgan fingerprint density at radius 2 is 1.62 bits per heavy atom. The van der Waals surface area contributed by atoms with Crippen molar-refractivity contribution < 1.29 is 4.79 Å². The van der Waals surface area contributed by atoms with Crippen LogP contribution >= 0.6 is 46.7 Å². The standard InChI is InChI=1S/C19H14Cl2N2OS2/c20-15-7-5-13(6-8-15)17(24)11-26-19-9-18(22-12-23-19)25-10-14-3-1-2-4-16(14)21/h1-9,12H,10-11H2. The van der Waals surface area contributed by atoms with Gasteiger partial charge in [0.25, 0.3) is 0 Å². The van der Waals surface area contributed by atoms with E-state index in [9.17, 15) is 4.79 Å². The predicted molar refractivity (Wildman–Crippen MR) is 110 cm³/mol. The highest BCUT2D eigenvalue weighted by molar-refractivity contribution is 8.00. The van der Waals surface area contributed by atoms with Crippen LogP contribution in [0.25, 0.3) is 0 Å². The summed E-state index contributed by atoms with van der Waals surface area (Å²) < 4.78 is 0. The number of carbonyl (C=O) groups is 1. The first-order valence-corrected chi connectivity index (χ1v) is 10.4. The van der Waals surface area contributed by atoms with Crippen LogP contribution in [0.1, 0.15) is 15.9 Å². The van der Waals surface area contributed by atoms with E-state index < -0.39 is 0 Å². The topological polar surface area (TPSA) is 42.9 Å². The van der Waals surface area contributed by atoms with Gasteiger partial charge in [0.1, 0.15) is 16.4 Å². The van der Waals surface area contributed by atoms with Crippen molar-refractivity contribution in [1.82, 2.24) is 9.97 Å². The summed E-state index contributed by atoms with van der Waals surface area (Å²) in [6, 6.07) is 16.5. The summed E-state index contributed by atoms with van der Waals surface area (Å²) >= 11 is 15.0. The number of hydrogen-bond donors (Lipinski definition) is 0. The Morgan fingerprint density at radius 1 is 0.923 bits per heavy atom. The number of aromatic nitrogens is 2. The molecule has 3 nitrogen and oxygen atoms in total. The number of thioether (sulfide) groups is 2. The summed E-state index contributed by atoms with van der Waals surface area (Å²) in [5, 5.41) is 2.98. The maximum Gasteiger partial charge on any atom is 0.173 e. The van der Waals surface area contributed by atoms with Gasteiger partial charge in [-0.1, -0.05) is 53.2 Å². The van der Waals surface area contributed by atoms with Crippen molar-refractivity contribution in [2.45, 2.75) is 15.8 Å². The minimum absolute atomic E-state index is 0.0375. The number of halogens is 2. The third kappa shape index (κ3) is 5.48. The van der Waals surface area contributed by atoms with Crippen LogP contribution in [0.4, 0.5) is 0 Å². The first-order valence-electron chi connectivity index (χ1n) is 7.71. The fraction of sp³-hybridized carbons (Fsp3) is 0.105. The number of carbonyl (C=O) groups excluding carboxylic acids is 1. The maximum atomic E-state index is 12.2. The van der Waals surface area contributed by atoms with E-state index in [0.29, 0.717) is 16.3 Å². The SMILES string of the molecule is O=C(CSc1cc(SCc2ccccc2Cl)ncn1)c1ccc(Cl)cc1. The molecule has 0 saturated carbocycles. The zero-order chi connectivity index (χ0) is 18.4. The van der Waals surface area contributed by atoms with Gasteiger partial charge in [-0.2, -0.15) is 0 Å². The Hall–Kier alpha value is -1.53. The molecule has 0 N–H and O–H groups in total. The number of Topliss-reactive ketones (excluding diaryl/α,β-unsaturated/α-hetero) is 1. The largest absolute Gasteiger partial charge is 0.293 e. The zero-order valence-electron chi connectivity index (χ0n) is 13.6. The quantitative estimate of drug-likeness (QED) is 0.264. The van der Waals surface area contributed by atoms with Crippen LogP contribution < -0.4 is 0 Å². The molecule has 0 amide bonds. The summed E-state index contributed by atoms with van der Waals surface area (Å²) in [5.41, 5.74) is 1.70. The molecule has 0 aliphatic rings. The molecule has 26 heavy (non-hydrogen) atoms. The van der Waals surface area contributed by atoms with Crippen molar-refractivity contribution in [1.29, 1.82) is 0 Å². The van der Waals surface area contributed by atoms with Crippen LogP contribution in [0.5, 0.6) is 0 Å². The predicted octanol–water partition coefficient (Wildman–Crippen LogP) is 6.05. The second-order valence-electron chi connectivity index (χ2n) is 5.29. The normalized spacial score (nSPS) is 10.7. The van der Waals surface area contributed by atoms with Gasteiger partial charge in [0, 0.05) is 27.4 Å². The first kappa shape index (κ1) is 19.2. The molecule has 0 bridgehead atoms. The molecule has 0 aliphatic carbocycles. The third-order valence-electron chi connectivity index (χ3n) is 3.47. The number of rotatable bonds is 7. The van der Waals surface area contributed by atoms with E-state index in [1.54, 1.807) is 36.0 Å². The summed E-state index contributed by atoms with van der Waals surface area (Å²) in [6.07, 6.45) is 1.52. The van der Waals surface area contributed by atoms with E-state index in [4.69, 9.17) is 23.2 Å². The molecule has 132 valence electrons. The molecule has 0 fully saturated rings. The van der Waals surface area contributed by atoms with E-state index in [0.717, 1.165) is 26.4 Å². The lowest BCUT2D eigenvalue weighted by molar-refractivity contribution is 0.102. The van der Waals surface area contributed by atoms with Crippen LogP contribution in [-0.4, -0.2) is 21.5 Å². The number of hydrogen-bond acceptors (Lipinski definition) is 5. The second-order valence-corrected chi connectivity index (χ2v) is 8.13. The second kappa shape index (κ2) is 9.42. The first-order chi connectivity index (χ1) is 12.6. The van der Waals surface area contributed by atoms with Gasteiger partial charge >= 0.3 is 0 Å². The molecule has 0 saturated heterocycles. The smallest absolute Gasteiger partial charge is 0.173 e. The van der Waals surface area contributed by atoms with E-state index in [1.807, 2.05) is 30.3 Å². The van der Waals surface area contributed by atoms with Crippen LogP contribution in [0.3, 0.4) is 0 Å². The van der Waals surface area contributed by atoms with E-state index in [-0.39, 0.29) is 5.78 Å². The molecule has 7 heteroatoms. The molecular formula is C19H14Cl2N2OS2. The molecule has 0 aliphatic heterocycles. The van der Waals surface area contributed by atoms with E-state index >= 15 is 0 Å². The molecular weight excluding hydrogens is 407 g/mol. The van der Waals surface area contributed by atoms with Gasteiger partial charge < -0.3 is 0 Å². The number of ketones is 1. The lowest BCUT2D eigenvalue weighted by atomic mass is 10.1. The highest BCUT2D eigenvalue weighted by Gasteiger charge is 2.09. The van der Waals surface area contributed by atoms with Gasteiger partial charge in [-0.15, -0.1) is 11.8 Å². The van der Waals surface area contributed by atoms with Crippen molar-refractivity contribution in [2.24, 2.45) is 0 Å². The fourth-order valence-corrected chi connectivity index (χ4v) is 4.22. The van der Waals surface area contributed by atoms with E-state index in [2.05, 4.69) is 9.97 Å². The average Bonchev–Trinajstić information content (AvgIpc) is 2.66. The van der Waals surface area contributed by atoms with Crippen LogP contribution in [0.2, 0.25) is 10.0 Å². The highest BCUT2D eigenvalue weighted by atomic mass is 35.5. The van der Waals surface area contributed by atoms with Gasteiger partial charge in [0.2, 0.25) is 0 Å². The Labute approximate surface area is 170 Å². The third-order valence-corrected chi connectivity index (χ3v) is 5.99.